The molecule has 2 atom stereocenters. The highest BCUT2D eigenvalue weighted by molar-refractivity contribution is 5.85. The lowest BCUT2D eigenvalue weighted by Gasteiger charge is -2.46. The van der Waals surface area contributed by atoms with Crippen molar-refractivity contribution < 1.29 is 14.3 Å². The molecule has 2 unspecified atom stereocenters. The number of ether oxygens (including phenoxy) is 1. The summed E-state index contributed by atoms with van der Waals surface area (Å²) in [6.07, 6.45) is 2.97. The van der Waals surface area contributed by atoms with Crippen LogP contribution in [0.4, 0.5) is 4.79 Å². The van der Waals surface area contributed by atoms with Crippen molar-refractivity contribution in [2.24, 2.45) is 5.73 Å². The van der Waals surface area contributed by atoms with E-state index in [0.717, 1.165) is 43.2 Å². The van der Waals surface area contributed by atoms with E-state index in [1.54, 1.807) is 0 Å². The van der Waals surface area contributed by atoms with Crippen LogP contribution in [0.15, 0.2) is 84.9 Å². The lowest BCUT2D eigenvalue weighted by Crippen LogP contribution is -2.52. The van der Waals surface area contributed by atoms with Gasteiger partial charge in [-0.2, -0.15) is 0 Å². The maximum atomic E-state index is 13.9. The van der Waals surface area contributed by atoms with Crippen LogP contribution in [0.2, 0.25) is 0 Å². The highest BCUT2D eigenvalue weighted by Crippen LogP contribution is 2.38. The van der Waals surface area contributed by atoms with E-state index in [4.69, 9.17) is 10.5 Å². The molecule has 3 aromatic carbocycles. The van der Waals surface area contributed by atoms with Gasteiger partial charge in [-0.25, -0.2) is 4.79 Å². The molecule has 0 aromatic heterocycles. The van der Waals surface area contributed by atoms with E-state index in [0.29, 0.717) is 0 Å². The molecule has 1 aliphatic rings. The minimum absolute atomic E-state index is 0.0451. The zero-order valence-corrected chi connectivity index (χ0v) is 22.6. The summed E-state index contributed by atoms with van der Waals surface area (Å²) in [5.41, 5.74) is 9.71. The molecule has 6 nitrogen and oxygen atoms in total. The topological polar surface area (TPSA) is 84.7 Å². The van der Waals surface area contributed by atoms with E-state index >= 15 is 0 Å². The standard InChI is InChI=1S/C32H39N3O3/c1-23-12-10-11-17-26(23)22-32(35(2)3)20-18-27(19-21-32)34-30(36)28(24-13-6-4-7-14-24)29(38-31(33)37)25-15-8-5-9-16-25/h4-17,27-29H,18-22H2,1-3H3,(H2,33,37)(H,34,36). The Bertz CT molecular complexity index is 1200. The predicted octanol–water partition coefficient (Wildman–Crippen LogP) is 5.52. The van der Waals surface area contributed by atoms with Crippen LogP contribution in [-0.2, 0) is 16.0 Å². The van der Waals surface area contributed by atoms with Gasteiger partial charge in [-0.05, 0) is 75.4 Å². The smallest absolute Gasteiger partial charge is 0.405 e. The molecule has 0 spiro atoms. The van der Waals surface area contributed by atoms with Crippen LogP contribution >= 0.6 is 0 Å². The summed E-state index contributed by atoms with van der Waals surface area (Å²) < 4.78 is 5.58. The van der Waals surface area contributed by atoms with E-state index in [1.165, 1.54) is 11.1 Å². The molecule has 1 fully saturated rings. The maximum absolute atomic E-state index is 13.9. The molecule has 0 saturated heterocycles. The molecule has 0 radical (unpaired) electrons. The Labute approximate surface area is 226 Å². The summed E-state index contributed by atoms with van der Waals surface area (Å²) in [6, 6.07) is 27.4. The van der Waals surface area contributed by atoms with Gasteiger partial charge in [-0.15, -0.1) is 0 Å². The average molecular weight is 514 g/mol. The molecule has 4 rings (SSSR count). The number of primary amides is 1. The minimum atomic E-state index is -0.905. The monoisotopic (exact) mass is 513 g/mol. The number of hydrogen-bond acceptors (Lipinski definition) is 4. The third-order valence-electron chi connectivity index (χ3n) is 8.11. The van der Waals surface area contributed by atoms with Crippen molar-refractivity contribution in [2.75, 3.05) is 14.1 Å². The van der Waals surface area contributed by atoms with Crippen molar-refractivity contribution in [3.63, 3.8) is 0 Å². The van der Waals surface area contributed by atoms with Crippen LogP contribution in [0.5, 0.6) is 0 Å². The molecule has 0 bridgehead atoms. The Morgan fingerprint density at radius 1 is 0.921 bits per heavy atom. The van der Waals surface area contributed by atoms with Gasteiger partial charge in [0.15, 0.2) is 0 Å². The fourth-order valence-electron chi connectivity index (χ4n) is 5.76. The molecular weight excluding hydrogens is 474 g/mol. The molecule has 1 saturated carbocycles. The molecule has 3 N–H and O–H groups in total. The quantitative estimate of drug-likeness (QED) is 0.395. The Hall–Kier alpha value is -3.64. The van der Waals surface area contributed by atoms with Crippen LogP contribution in [-0.4, -0.2) is 42.6 Å². The molecule has 200 valence electrons. The molecular formula is C32H39N3O3. The number of nitrogens with one attached hydrogen (secondary N) is 1. The number of benzene rings is 3. The summed E-state index contributed by atoms with van der Waals surface area (Å²) >= 11 is 0. The SMILES string of the molecule is Cc1ccccc1CC1(N(C)C)CCC(NC(=O)C(c2ccccc2)C(OC(N)=O)c2ccccc2)CC1. The number of hydrogen-bond donors (Lipinski definition) is 2. The second-order valence-electron chi connectivity index (χ2n) is 10.7. The van der Waals surface area contributed by atoms with Crippen molar-refractivity contribution >= 4 is 12.0 Å². The highest BCUT2D eigenvalue weighted by Gasteiger charge is 2.40. The normalized spacial score (nSPS) is 20.9. The van der Waals surface area contributed by atoms with Crippen LogP contribution in [0.25, 0.3) is 0 Å². The number of nitrogens with zero attached hydrogens (tertiary/aromatic N) is 1. The fraction of sp³-hybridized carbons (Fsp3) is 0.375. The van der Waals surface area contributed by atoms with Crippen molar-refractivity contribution in [3.8, 4) is 0 Å². The van der Waals surface area contributed by atoms with Crippen LogP contribution in [0.3, 0.4) is 0 Å². The zero-order valence-electron chi connectivity index (χ0n) is 22.6. The maximum Gasteiger partial charge on any atom is 0.405 e. The van der Waals surface area contributed by atoms with Gasteiger partial charge in [-0.1, -0.05) is 84.9 Å². The Balaban J connectivity index is 1.53. The number of carbonyl (C=O) groups excluding carboxylic acids is 2. The molecule has 0 aliphatic heterocycles. The first-order valence-electron chi connectivity index (χ1n) is 13.4. The van der Waals surface area contributed by atoms with E-state index in [9.17, 15) is 9.59 Å². The molecule has 3 aromatic rings. The second-order valence-corrected chi connectivity index (χ2v) is 10.7. The van der Waals surface area contributed by atoms with Gasteiger partial charge >= 0.3 is 6.09 Å². The van der Waals surface area contributed by atoms with Gasteiger partial charge in [0.25, 0.3) is 0 Å². The lowest BCUT2D eigenvalue weighted by atomic mass is 9.74. The first kappa shape index (κ1) is 27.4. The van der Waals surface area contributed by atoms with E-state index < -0.39 is 18.1 Å². The number of carbonyl (C=O) groups is 2. The molecule has 1 aliphatic carbocycles. The van der Waals surface area contributed by atoms with Gasteiger partial charge in [0.1, 0.15) is 12.0 Å². The van der Waals surface area contributed by atoms with Crippen molar-refractivity contribution in [2.45, 2.75) is 62.6 Å². The first-order valence-corrected chi connectivity index (χ1v) is 13.4. The number of likely N-dealkylation sites (N-methyl/N-ethyl adjacent to an activating group) is 1. The van der Waals surface area contributed by atoms with E-state index in [1.807, 2.05) is 60.7 Å². The van der Waals surface area contributed by atoms with E-state index in [2.05, 4.69) is 55.5 Å². The van der Waals surface area contributed by atoms with Gasteiger partial charge in [0.2, 0.25) is 5.91 Å². The van der Waals surface area contributed by atoms with Crippen LogP contribution < -0.4 is 11.1 Å². The molecule has 38 heavy (non-hydrogen) atoms. The lowest BCUT2D eigenvalue weighted by molar-refractivity contribution is -0.126. The van der Waals surface area contributed by atoms with Crippen LogP contribution in [0, 0.1) is 6.92 Å². The Kier molecular flexibility index (Phi) is 8.85. The van der Waals surface area contributed by atoms with Crippen molar-refractivity contribution in [1.29, 1.82) is 0 Å². The number of rotatable bonds is 9. The van der Waals surface area contributed by atoms with Gasteiger partial charge in [0, 0.05) is 11.6 Å². The number of aryl methyl sites for hydroxylation is 1. The largest absolute Gasteiger partial charge is 0.440 e. The average Bonchev–Trinajstić information content (AvgIpc) is 2.91. The van der Waals surface area contributed by atoms with Gasteiger partial charge in [-0.3, -0.25) is 4.79 Å². The number of amides is 2. The first-order chi connectivity index (χ1) is 18.3. The third-order valence-corrected chi connectivity index (χ3v) is 8.11. The summed E-state index contributed by atoms with van der Waals surface area (Å²) in [6.45, 7) is 2.17. The second kappa shape index (κ2) is 12.3. The molecule has 0 heterocycles. The van der Waals surface area contributed by atoms with Crippen molar-refractivity contribution in [1.82, 2.24) is 10.2 Å². The Morgan fingerprint density at radius 3 is 2.03 bits per heavy atom. The molecule has 2 amide bonds. The molecule has 6 heteroatoms. The highest BCUT2D eigenvalue weighted by atomic mass is 16.6. The van der Waals surface area contributed by atoms with E-state index in [-0.39, 0.29) is 17.5 Å². The Morgan fingerprint density at radius 2 is 1.47 bits per heavy atom. The summed E-state index contributed by atoms with van der Waals surface area (Å²) in [7, 11) is 4.32. The third kappa shape index (κ3) is 6.43. The van der Waals surface area contributed by atoms with Gasteiger partial charge < -0.3 is 20.7 Å². The van der Waals surface area contributed by atoms with Gasteiger partial charge in [0.05, 0.1) is 0 Å². The summed E-state index contributed by atoms with van der Waals surface area (Å²) in [5.74, 6) is -0.883. The zero-order chi connectivity index (χ0) is 27.1. The minimum Gasteiger partial charge on any atom is -0.440 e. The summed E-state index contributed by atoms with van der Waals surface area (Å²) in [4.78, 5) is 28.1. The fourth-order valence-corrected chi connectivity index (χ4v) is 5.76. The summed E-state index contributed by atoms with van der Waals surface area (Å²) in [5, 5.41) is 3.30. The predicted molar refractivity (Wildman–Crippen MR) is 151 cm³/mol. The van der Waals surface area contributed by atoms with Crippen LogP contribution in [0.1, 0.15) is 60.0 Å². The number of nitrogens with two attached hydrogens (primary N) is 1. The van der Waals surface area contributed by atoms with Crippen molar-refractivity contribution in [3.05, 3.63) is 107 Å².